The lowest BCUT2D eigenvalue weighted by atomic mass is 10.3. The van der Waals surface area contributed by atoms with E-state index in [1.54, 1.807) is 6.92 Å². The van der Waals surface area contributed by atoms with Gasteiger partial charge < -0.3 is 0 Å². The molecule has 90 valence electrons. The lowest BCUT2D eigenvalue weighted by molar-refractivity contribution is 0.540. The van der Waals surface area contributed by atoms with Crippen LogP contribution in [-0.4, -0.2) is 20.3 Å². The van der Waals surface area contributed by atoms with Gasteiger partial charge in [-0.1, -0.05) is 12.1 Å². The maximum Gasteiger partial charge on any atom is 0.243 e. The Balaban J connectivity index is 2.91. The first-order valence-corrected chi connectivity index (χ1v) is 6.82. The number of nitrogens with one attached hydrogen (secondary N) is 1. The molecule has 0 aromatic heterocycles. The van der Waals surface area contributed by atoms with Crippen molar-refractivity contribution in [3.8, 4) is 0 Å². The minimum absolute atomic E-state index is 0.317. The number of halogens is 2. The molecule has 1 unspecified atom stereocenters. The molecular weight excluding hydrogens is 253 g/mol. The molecule has 0 saturated carbocycles. The molecule has 0 aliphatic heterocycles. The average Bonchev–Trinajstić information content (AvgIpc) is 2.17. The highest BCUT2D eigenvalue weighted by Crippen LogP contribution is 2.14. The third-order valence-corrected chi connectivity index (χ3v) is 3.87. The molecule has 0 spiro atoms. The average molecular weight is 266 g/mol. The highest BCUT2D eigenvalue weighted by molar-refractivity contribution is 7.89. The SMILES string of the molecule is CC(CCCl)NS(=O)(=O)c1ccccc1F. The van der Waals surface area contributed by atoms with Gasteiger partial charge in [-0.25, -0.2) is 17.5 Å². The van der Waals surface area contributed by atoms with Crippen molar-refractivity contribution < 1.29 is 12.8 Å². The fourth-order valence-electron chi connectivity index (χ4n) is 1.21. The van der Waals surface area contributed by atoms with E-state index in [0.717, 1.165) is 6.07 Å². The van der Waals surface area contributed by atoms with Gasteiger partial charge in [-0.3, -0.25) is 0 Å². The topological polar surface area (TPSA) is 46.2 Å². The van der Waals surface area contributed by atoms with E-state index in [-0.39, 0.29) is 10.9 Å². The number of benzene rings is 1. The molecule has 0 bridgehead atoms. The predicted octanol–water partition coefficient (Wildman–Crippen LogP) is 2.12. The maximum absolute atomic E-state index is 13.3. The van der Waals surface area contributed by atoms with Crippen molar-refractivity contribution in [2.75, 3.05) is 5.88 Å². The first-order chi connectivity index (χ1) is 7.47. The molecule has 6 heteroatoms. The van der Waals surface area contributed by atoms with Crippen molar-refractivity contribution >= 4 is 21.6 Å². The molecule has 0 fully saturated rings. The Hall–Kier alpha value is -0.650. The second-order valence-electron chi connectivity index (χ2n) is 3.43. The van der Waals surface area contributed by atoms with Crippen LogP contribution in [0.15, 0.2) is 29.2 Å². The van der Waals surface area contributed by atoms with E-state index in [1.165, 1.54) is 18.2 Å². The maximum atomic E-state index is 13.3. The molecule has 0 heterocycles. The third kappa shape index (κ3) is 3.43. The Labute approximate surface area is 99.7 Å². The van der Waals surface area contributed by atoms with Crippen LogP contribution in [0.5, 0.6) is 0 Å². The monoisotopic (exact) mass is 265 g/mol. The second kappa shape index (κ2) is 5.61. The summed E-state index contributed by atoms with van der Waals surface area (Å²) in [6.45, 7) is 1.68. The lowest BCUT2D eigenvalue weighted by Gasteiger charge is -2.13. The number of hydrogen-bond donors (Lipinski definition) is 1. The number of alkyl halides is 1. The van der Waals surface area contributed by atoms with Gasteiger partial charge in [-0.05, 0) is 25.5 Å². The van der Waals surface area contributed by atoms with Gasteiger partial charge in [0.2, 0.25) is 10.0 Å². The Morgan fingerprint density at radius 1 is 1.44 bits per heavy atom. The summed E-state index contributed by atoms with van der Waals surface area (Å²) in [4.78, 5) is -0.337. The van der Waals surface area contributed by atoms with Crippen LogP contribution in [0.1, 0.15) is 13.3 Å². The Bertz CT molecular complexity index is 450. The van der Waals surface area contributed by atoms with Gasteiger partial charge in [-0.15, -0.1) is 11.6 Å². The largest absolute Gasteiger partial charge is 0.243 e. The van der Waals surface area contributed by atoms with Crippen molar-refractivity contribution in [2.45, 2.75) is 24.3 Å². The molecule has 1 aromatic carbocycles. The van der Waals surface area contributed by atoms with Crippen LogP contribution in [0.2, 0.25) is 0 Å². The van der Waals surface area contributed by atoms with Crippen LogP contribution in [0.3, 0.4) is 0 Å². The summed E-state index contributed by atoms with van der Waals surface area (Å²) in [7, 11) is -3.80. The molecule has 0 saturated heterocycles. The summed E-state index contributed by atoms with van der Waals surface area (Å²) in [5, 5.41) is 0. The van der Waals surface area contributed by atoms with Gasteiger partial charge in [0.15, 0.2) is 0 Å². The Morgan fingerprint density at radius 2 is 2.06 bits per heavy atom. The summed E-state index contributed by atoms with van der Waals surface area (Å²) in [6.07, 6.45) is 0.495. The summed E-state index contributed by atoms with van der Waals surface area (Å²) in [5.74, 6) is -0.408. The molecule has 0 aliphatic carbocycles. The van der Waals surface area contributed by atoms with Gasteiger partial charge in [0, 0.05) is 11.9 Å². The third-order valence-electron chi connectivity index (χ3n) is 2.02. The van der Waals surface area contributed by atoms with E-state index in [4.69, 9.17) is 11.6 Å². The van der Waals surface area contributed by atoms with Crippen molar-refractivity contribution in [1.29, 1.82) is 0 Å². The van der Waals surface area contributed by atoms with Crippen molar-refractivity contribution in [1.82, 2.24) is 4.72 Å². The first-order valence-electron chi connectivity index (χ1n) is 4.80. The lowest BCUT2D eigenvalue weighted by Crippen LogP contribution is -2.33. The molecule has 0 aliphatic rings. The van der Waals surface area contributed by atoms with E-state index in [2.05, 4.69) is 4.72 Å². The molecular formula is C10H13ClFNO2S. The first kappa shape index (κ1) is 13.4. The van der Waals surface area contributed by atoms with Crippen LogP contribution in [0, 0.1) is 5.82 Å². The van der Waals surface area contributed by atoms with Crippen LogP contribution in [-0.2, 0) is 10.0 Å². The molecule has 1 aromatic rings. The van der Waals surface area contributed by atoms with Crippen molar-refractivity contribution in [3.63, 3.8) is 0 Å². The molecule has 1 atom stereocenters. The molecule has 0 amide bonds. The van der Waals surface area contributed by atoms with E-state index < -0.39 is 15.8 Å². The summed E-state index contributed by atoms with van der Waals surface area (Å²) in [6, 6.07) is 4.94. The van der Waals surface area contributed by atoms with Crippen LogP contribution in [0.4, 0.5) is 4.39 Å². The zero-order valence-electron chi connectivity index (χ0n) is 8.78. The van der Waals surface area contributed by atoms with Gasteiger partial charge in [0.05, 0.1) is 0 Å². The van der Waals surface area contributed by atoms with Gasteiger partial charge in [0.25, 0.3) is 0 Å². The fourth-order valence-corrected chi connectivity index (χ4v) is 2.90. The van der Waals surface area contributed by atoms with Gasteiger partial charge in [0.1, 0.15) is 10.7 Å². The normalized spacial score (nSPS) is 13.7. The van der Waals surface area contributed by atoms with Gasteiger partial charge >= 0.3 is 0 Å². The summed E-state index contributed by atoms with van der Waals surface area (Å²) in [5.41, 5.74) is 0. The van der Waals surface area contributed by atoms with Crippen LogP contribution >= 0.6 is 11.6 Å². The number of hydrogen-bond acceptors (Lipinski definition) is 2. The van der Waals surface area contributed by atoms with Gasteiger partial charge in [-0.2, -0.15) is 0 Å². The van der Waals surface area contributed by atoms with Crippen LogP contribution < -0.4 is 4.72 Å². The van der Waals surface area contributed by atoms with Crippen molar-refractivity contribution in [3.05, 3.63) is 30.1 Å². The molecule has 3 nitrogen and oxygen atoms in total. The number of sulfonamides is 1. The van der Waals surface area contributed by atoms with E-state index in [1.807, 2.05) is 0 Å². The number of rotatable bonds is 5. The minimum Gasteiger partial charge on any atom is -0.208 e. The quantitative estimate of drug-likeness (QED) is 0.829. The second-order valence-corrected chi connectivity index (χ2v) is 5.49. The molecule has 16 heavy (non-hydrogen) atoms. The smallest absolute Gasteiger partial charge is 0.208 e. The summed E-state index contributed by atoms with van der Waals surface area (Å²) >= 11 is 5.49. The van der Waals surface area contributed by atoms with Crippen LogP contribution in [0.25, 0.3) is 0 Å². The Kier molecular flexibility index (Phi) is 4.70. The van der Waals surface area contributed by atoms with E-state index in [9.17, 15) is 12.8 Å². The minimum atomic E-state index is -3.80. The molecule has 0 radical (unpaired) electrons. The summed E-state index contributed by atoms with van der Waals surface area (Å²) < 4.78 is 39.1. The molecule has 1 N–H and O–H groups in total. The van der Waals surface area contributed by atoms with Crippen molar-refractivity contribution in [2.24, 2.45) is 0 Å². The predicted molar refractivity (Wildman–Crippen MR) is 61.5 cm³/mol. The standard InChI is InChI=1S/C10H13ClFNO2S/c1-8(6-7-11)13-16(14,15)10-5-3-2-4-9(10)12/h2-5,8,13H,6-7H2,1H3. The Morgan fingerprint density at radius 3 is 2.62 bits per heavy atom. The molecule has 1 rings (SSSR count). The van der Waals surface area contributed by atoms with E-state index >= 15 is 0 Å². The highest BCUT2D eigenvalue weighted by Gasteiger charge is 2.20. The highest BCUT2D eigenvalue weighted by atomic mass is 35.5. The van der Waals surface area contributed by atoms with E-state index in [0.29, 0.717) is 12.3 Å². The zero-order valence-corrected chi connectivity index (χ0v) is 10.4. The fraction of sp³-hybridized carbons (Fsp3) is 0.400. The zero-order chi connectivity index (χ0) is 12.2.